The summed E-state index contributed by atoms with van der Waals surface area (Å²) in [5.41, 5.74) is 6.39. The van der Waals surface area contributed by atoms with Gasteiger partial charge in [0.25, 0.3) is 11.8 Å². The fraction of sp³-hybridized carbons (Fsp3) is 0.283. The van der Waals surface area contributed by atoms with Gasteiger partial charge < -0.3 is 4.90 Å². The van der Waals surface area contributed by atoms with Gasteiger partial charge in [0, 0.05) is 37.8 Å². The molecule has 1 atom stereocenters. The lowest BCUT2D eigenvalue weighted by Crippen LogP contribution is -2.46. The number of rotatable bonds is 8. The predicted molar refractivity (Wildman–Crippen MR) is 217 cm³/mol. The molecule has 2 aromatic heterocycles. The number of imidazole rings is 1. The number of benzene rings is 4. The van der Waals surface area contributed by atoms with Gasteiger partial charge in [-0.25, -0.2) is 19.1 Å². The Balaban J connectivity index is 0.821. The summed E-state index contributed by atoms with van der Waals surface area (Å²) in [6.45, 7) is 5.41. The van der Waals surface area contributed by atoms with Gasteiger partial charge in [-0.15, -0.1) is 0 Å². The van der Waals surface area contributed by atoms with Crippen LogP contribution in [0.25, 0.3) is 22.2 Å². The van der Waals surface area contributed by atoms with Crippen LogP contribution in [-0.4, -0.2) is 67.8 Å². The number of piperidine rings is 2. The lowest BCUT2D eigenvalue weighted by atomic mass is 9.93. The molecule has 9 rings (SSSR count). The molecule has 0 N–H and O–H groups in total. The zero-order valence-corrected chi connectivity index (χ0v) is 31.8. The number of likely N-dealkylation sites (tertiary alicyclic amines) is 2. The third kappa shape index (κ3) is 6.75. The van der Waals surface area contributed by atoms with Gasteiger partial charge in [0.1, 0.15) is 11.6 Å². The van der Waals surface area contributed by atoms with Gasteiger partial charge in [0.05, 0.1) is 28.2 Å². The quantitative estimate of drug-likeness (QED) is 0.149. The molecule has 1 unspecified atom stereocenters. The van der Waals surface area contributed by atoms with E-state index in [-0.39, 0.29) is 47.2 Å². The summed E-state index contributed by atoms with van der Waals surface area (Å²) < 4.78 is 17.3. The molecule has 3 amide bonds. The van der Waals surface area contributed by atoms with Crippen molar-refractivity contribution in [3.05, 3.63) is 154 Å². The number of imide groups is 1. The van der Waals surface area contributed by atoms with Gasteiger partial charge in [-0.1, -0.05) is 60.7 Å². The van der Waals surface area contributed by atoms with Gasteiger partial charge in [0.15, 0.2) is 0 Å². The van der Waals surface area contributed by atoms with E-state index < -0.39 is 0 Å². The van der Waals surface area contributed by atoms with E-state index in [1.165, 1.54) is 12.1 Å². The highest BCUT2D eigenvalue weighted by Crippen LogP contribution is 2.32. The molecule has 5 heterocycles. The summed E-state index contributed by atoms with van der Waals surface area (Å²) >= 11 is 0. The van der Waals surface area contributed by atoms with Crippen molar-refractivity contribution in [3.8, 4) is 11.1 Å². The molecule has 0 radical (unpaired) electrons. The van der Waals surface area contributed by atoms with Gasteiger partial charge >= 0.3 is 5.69 Å². The van der Waals surface area contributed by atoms with E-state index in [1.54, 1.807) is 48.7 Å². The second-order valence-electron chi connectivity index (χ2n) is 15.4. The Morgan fingerprint density at radius 1 is 0.737 bits per heavy atom. The SMILES string of the molecule is CC(c1ccc(-c2ccc(F)cc2)cc1)n1c(=O)n(C2CCN(C(=O)C3CCN(Cc4ccnc(N5C(=O)c6ccccc6C5=O)c4)CC3)CC2)c2ccccc21. The van der Waals surface area contributed by atoms with Crippen LogP contribution >= 0.6 is 0 Å². The normalized spacial score (nSPS) is 17.4. The average molecular weight is 763 g/mol. The number of amides is 3. The first kappa shape index (κ1) is 36.4. The second kappa shape index (κ2) is 15.0. The van der Waals surface area contributed by atoms with E-state index in [9.17, 15) is 23.6 Å². The van der Waals surface area contributed by atoms with Crippen LogP contribution in [-0.2, 0) is 11.3 Å². The minimum Gasteiger partial charge on any atom is -0.342 e. The molecule has 10 nitrogen and oxygen atoms in total. The Morgan fingerprint density at radius 2 is 1.33 bits per heavy atom. The highest BCUT2D eigenvalue weighted by atomic mass is 19.1. The van der Waals surface area contributed by atoms with Crippen molar-refractivity contribution in [1.82, 2.24) is 23.9 Å². The Bertz CT molecular complexity index is 2510. The smallest absolute Gasteiger partial charge is 0.329 e. The lowest BCUT2D eigenvalue weighted by molar-refractivity contribution is -0.138. The van der Waals surface area contributed by atoms with E-state index in [2.05, 4.69) is 9.88 Å². The van der Waals surface area contributed by atoms with Gasteiger partial charge in [-0.3, -0.25) is 28.4 Å². The molecule has 4 aromatic carbocycles. The van der Waals surface area contributed by atoms with E-state index in [4.69, 9.17) is 0 Å². The molecule has 0 saturated carbocycles. The largest absolute Gasteiger partial charge is 0.342 e. The van der Waals surface area contributed by atoms with E-state index in [0.717, 1.165) is 64.1 Å². The first-order chi connectivity index (χ1) is 27.7. The molecule has 0 aliphatic carbocycles. The molecule has 11 heteroatoms. The van der Waals surface area contributed by atoms with Crippen molar-refractivity contribution in [2.45, 2.75) is 51.2 Å². The molecule has 0 spiro atoms. The Labute approximate surface area is 329 Å². The topological polar surface area (TPSA) is 101 Å². The molecule has 3 aliphatic heterocycles. The molecule has 288 valence electrons. The number of fused-ring (bicyclic) bond motifs is 2. The molecule has 0 bridgehead atoms. The summed E-state index contributed by atoms with van der Waals surface area (Å²) in [4.78, 5) is 63.9. The zero-order chi connectivity index (χ0) is 39.2. The Morgan fingerprint density at radius 3 is 1.98 bits per heavy atom. The fourth-order valence-corrected chi connectivity index (χ4v) is 8.94. The molecule has 57 heavy (non-hydrogen) atoms. The molecule has 2 fully saturated rings. The van der Waals surface area contributed by atoms with Crippen molar-refractivity contribution < 1.29 is 18.8 Å². The molecular weight excluding hydrogens is 720 g/mol. The van der Waals surface area contributed by atoms with Crippen LogP contribution in [0.1, 0.15) is 76.5 Å². The number of halogens is 1. The highest BCUT2D eigenvalue weighted by Gasteiger charge is 2.37. The van der Waals surface area contributed by atoms with Crippen LogP contribution in [0.15, 0.2) is 120 Å². The van der Waals surface area contributed by atoms with Crippen LogP contribution in [0.2, 0.25) is 0 Å². The number of aromatic nitrogens is 3. The minimum atomic E-state index is -0.361. The van der Waals surface area contributed by atoms with Gasteiger partial charge in [0.2, 0.25) is 5.91 Å². The maximum atomic E-state index is 14.3. The number of carbonyl (C=O) groups is 3. The molecule has 6 aromatic rings. The summed E-state index contributed by atoms with van der Waals surface area (Å²) in [6, 6.07) is 32.8. The number of carbonyl (C=O) groups excluding carboxylic acids is 3. The minimum absolute atomic E-state index is 0.0202. The number of hydrogen-bond donors (Lipinski definition) is 0. The van der Waals surface area contributed by atoms with Crippen molar-refractivity contribution in [2.75, 3.05) is 31.1 Å². The third-order valence-electron chi connectivity index (χ3n) is 12.1. The predicted octanol–water partition coefficient (Wildman–Crippen LogP) is 7.49. The van der Waals surface area contributed by atoms with Crippen LogP contribution < -0.4 is 10.6 Å². The third-order valence-corrected chi connectivity index (χ3v) is 12.1. The monoisotopic (exact) mass is 762 g/mol. The van der Waals surface area contributed by atoms with Crippen molar-refractivity contribution in [2.24, 2.45) is 5.92 Å². The fourth-order valence-electron chi connectivity index (χ4n) is 8.94. The number of anilines is 1. The van der Waals surface area contributed by atoms with Gasteiger partial charge in [-0.2, -0.15) is 0 Å². The van der Waals surface area contributed by atoms with E-state index >= 15 is 0 Å². The summed E-state index contributed by atoms with van der Waals surface area (Å²) in [7, 11) is 0. The molecule has 2 saturated heterocycles. The number of hydrogen-bond acceptors (Lipinski definition) is 6. The van der Waals surface area contributed by atoms with Crippen LogP contribution in [0.4, 0.5) is 10.2 Å². The average Bonchev–Trinajstić information content (AvgIpc) is 3.69. The summed E-state index contributed by atoms with van der Waals surface area (Å²) in [6.07, 6.45) is 4.56. The summed E-state index contributed by atoms with van der Waals surface area (Å²) in [5.74, 6) is -0.529. The van der Waals surface area contributed by atoms with E-state index in [0.29, 0.717) is 49.4 Å². The molecular formula is C46H43FN6O4. The van der Waals surface area contributed by atoms with Crippen molar-refractivity contribution in [3.63, 3.8) is 0 Å². The second-order valence-corrected chi connectivity index (χ2v) is 15.4. The Kier molecular flexibility index (Phi) is 9.61. The maximum Gasteiger partial charge on any atom is 0.329 e. The van der Waals surface area contributed by atoms with Crippen LogP contribution in [0.3, 0.4) is 0 Å². The number of para-hydroxylation sites is 2. The van der Waals surface area contributed by atoms with Crippen LogP contribution in [0.5, 0.6) is 0 Å². The number of pyridine rings is 1. The summed E-state index contributed by atoms with van der Waals surface area (Å²) in [5, 5.41) is 0. The first-order valence-electron chi connectivity index (χ1n) is 19.8. The molecule has 3 aliphatic rings. The lowest BCUT2D eigenvalue weighted by Gasteiger charge is -2.37. The zero-order valence-electron chi connectivity index (χ0n) is 31.8. The maximum absolute atomic E-state index is 14.3. The Hall–Kier alpha value is -6.20. The van der Waals surface area contributed by atoms with E-state index in [1.807, 2.05) is 75.6 Å². The van der Waals surface area contributed by atoms with Crippen molar-refractivity contribution in [1.29, 1.82) is 0 Å². The first-order valence-corrected chi connectivity index (χ1v) is 19.8. The highest BCUT2D eigenvalue weighted by molar-refractivity contribution is 6.34. The van der Waals surface area contributed by atoms with Crippen molar-refractivity contribution >= 4 is 34.6 Å². The number of nitrogens with zero attached hydrogens (tertiary/aromatic N) is 6. The standard InChI is InChI=1S/C46H43FN6O4/c1-30(32-10-12-33(13-11-32)34-14-16-36(47)17-15-34)51-40-8-4-5-9-41(40)52(46(51)57)37-21-26-50(27-22-37)43(54)35-19-24-49(25-20-35)29-31-18-23-48-42(28-31)53-44(55)38-6-2-3-7-39(38)45(53)56/h2-18,23,28,30,35,37H,19-22,24-27,29H2,1H3. The van der Waals surface area contributed by atoms with Gasteiger partial charge in [-0.05, 0) is 116 Å². The van der Waals surface area contributed by atoms with Crippen LogP contribution in [0, 0.1) is 11.7 Å².